The van der Waals surface area contributed by atoms with Crippen molar-refractivity contribution in [2.75, 3.05) is 5.73 Å². The summed E-state index contributed by atoms with van der Waals surface area (Å²) < 4.78 is 1.76. The van der Waals surface area contributed by atoms with Crippen molar-refractivity contribution in [2.45, 2.75) is 38.1 Å². The summed E-state index contributed by atoms with van der Waals surface area (Å²) in [6.45, 7) is 0. The van der Waals surface area contributed by atoms with Crippen molar-refractivity contribution in [3.05, 3.63) is 12.0 Å². The van der Waals surface area contributed by atoms with Crippen LogP contribution in [0.25, 0.3) is 0 Å². The highest BCUT2D eigenvalue weighted by molar-refractivity contribution is 6.00. The van der Waals surface area contributed by atoms with Crippen molar-refractivity contribution < 1.29 is 0 Å². The van der Waals surface area contributed by atoms with Crippen LogP contribution in [0.1, 0.15) is 43.8 Å². The first-order valence-electron chi connectivity index (χ1n) is 6.66. The van der Waals surface area contributed by atoms with Crippen LogP contribution in [0.15, 0.2) is 11.3 Å². The lowest BCUT2D eigenvalue weighted by Gasteiger charge is -2.22. The van der Waals surface area contributed by atoms with E-state index >= 15 is 0 Å². The molecule has 1 fully saturated rings. The largest absolute Gasteiger partial charge is 0.382 e. The Morgan fingerprint density at radius 3 is 2.85 bits per heavy atom. The number of aromatic amines is 1. The SMILES string of the molecule is NC(=Nc1ncn[nH]1)c1nnn(C2CCCCC2)c1N. The molecule has 1 saturated carbocycles. The van der Waals surface area contributed by atoms with Crippen LogP contribution >= 0.6 is 0 Å². The van der Waals surface area contributed by atoms with Crippen LogP contribution in [0.2, 0.25) is 0 Å². The maximum Gasteiger partial charge on any atom is 0.247 e. The summed E-state index contributed by atoms with van der Waals surface area (Å²) in [7, 11) is 0. The molecule has 0 aliphatic heterocycles. The smallest absolute Gasteiger partial charge is 0.247 e. The molecule has 9 heteroatoms. The summed E-state index contributed by atoms with van der Waals surface area (Å²) in [6.07, 6.45) is 7.17. The third-order valence-electron chi connectivity index (χ3n) is 3.52. The van der Waals surface area contributed by atoms with Crippen LogP contribution in [0.5, 0.6) is 0 Å². The number of aliphatic imine (C=N–C) groups is 1. The van der Waals surface area contributed by atoms with Crippen LogP contribution in [0, 0.1) is 0 Å². The topological polar surface area (TPSA) is 137 Å². The average molecular weight is 275 g/mol. The molecule has 9 nitrogen and oxygen atoms in total. The summed E-state index contributed by atoms with van der Waals surface area (Å²) in [5.41, 5.74) is 12.4. The molecule has 1 aliphatic carbocycles. The van der Waals surface area contributed by atoms with Gasteiger partial charge in [-0.3, -0.25) is 0 Å². The second kappa shape index (κ2) is 5.27. The molecular weight excluding hydrogens is 258 g/mol. The van der Waals surface area contributed by atoms with Crippen molar-refractivity contribution in [3.63, 3.8) is 0 Å². The van der Waals surface area contributed by atoms with Crippen LogP contribution in [-0.4, -0.2) is 36.0 Å². The molecule has 2 aromatic rings. The second-order valence-electron chi connectivity index (χ2n) is 4.87. The lowest BCUT2D eigenvalue weighted by molar-refractivity contribution is 0.328. The number of nitrogens with one attached hydrogen (secondary N) is 1. The fraction of sp³-hybridized carbons (Fsp3) is 0.545. The highest BCUT2D eigenvalue weighted by atomic mass is 15.5. The average Bonchev–Trinajstić information content (AvgIpc) is 3.09. The van der Waals surface area contributed by atoms with E-state index < -0.39 is 0 Å². The molecule has 0 amide bonds. The van der Waals surface area contributed by atoms with Crippen molar-refractivity contribution in [1.29, 1.82) is 0 Å². The lowest BCUT2D eigenvalue weighted by atomic mass is 9.96. The second-order valence-corrected chi connectivity index (χ2v) is 4.87. The molecule has 106 valence electrons. The van der Waals surface area contributed by atoms with Gasteiger partial charge in [0.1, 0.15) is 6.33 Å². The Balaban J connectivity index is 1.86. The zero-order valence-electron chi connectivity index (χ0n) is 11.0. The highest BCUT2D eigenvalue weighted by Gasteiger charge is 2.22. The van der Waals surface area contributed by atoms with Gasteiger partial charge in [-0.15, -0.1) is 5.10 Å². The minimum absolute atomic E-state index is 0.182. The zero-order valence-corrected chi connectivity index (χ0v) is 11.0. The summed E-state index contributed by atoms with van der Waals surface area (Å²) in [4.78, 5) is 7.96. The van der Waals surface area contributed by atoms with Crippen molar-refractivity contribution >= 4 is 17.6 Å². The van der Waals surface area contributed by atoms with Crippen molar-refractivity contribution in [1.82, 2.24) is 30.2 Å². The molecule has 0 atom stereocenters. The molecule has 0 spiro atoms. The van der Waals surface area contributed by atoms with Gasteiger partial charge in [-0.05, 0) is 12.8 Å². The maximum absolute atomic E-state index is 6.09. The number of H-pyrrole nitrogens is 1. The van der Waals surface area contributed by atoms with Gasteiger partial charge in [-0.1, -0.05) is 24.5 Å². The monoisotopic (exact) mass is 275 g/mol. The summed E-state index contributed by atoms with van der Waals surface area (Å²) in [5.74, 6) is 0.952. The van der Waals surface area contributed by atoms with E-state index in [1.54, 1.807) is 4.68 Å². The summed E-state index contributed by atoms with van der Waals surface area (Å²) in [6, 6.07) is 0.308. The number of rotatable bonds is 3. The number of anilines is 1. The Bertz CT molecular complexity index is 591. The molecule has 0 radical (unpaired) electrons. The normalized spacial score (nSPS) is 17.5. The van der Waals surface area contributed by atoms with Gasteiger partial charge >= 0.3 is 0 Å². The first-order valence-corrected chi connectivity index (χ1v) is 6.66. The van der Waals surface area contributed by atoms with E-state index in [0.29, 0.717) is 23.5 Å². The van der Waals surface area contributed by atoms with Gasteiger partial charge in [-0.25, -0.2) is 9.78 Å². The Kier molecular flexibility index (Phi) is 3.32. The summed E-state index contributed by atoms with van der Waals surface area (Å²) >= 11 is 0. The van der Waals surface area contributed by atoms with E-state index in [1.807, 2.05) is 0 Å². The third-order valence-corrected chi connectivity index (χ3v) is 3.52. The van der Waals surface area contributed by atoms with E-state index in [9.17, 15) is 0 Å². The van der Waals surface area contributed by atoms with E-state index in [4.69, 9.17) is 11.5 Å². The molecule has 0 unspecified atom stereocenters. The molecule has 0 aromatic carbocycles. The van der Waals surface area contributed by atoms with Gasteiger partial charge < -0.3 is 11.5 Å². The molecular formula is C11H17N9. The van der Waals surface area contributed by atoms with Crippen LogP contribution < -0.4 is 11.5 Å². The minimum Gasteiger partial charge on any atom is -0.382 e. The van der Waals surface area contributed by atoms with Crippen LogP contribution in [-0.2, 0) is 0 Å². The van der Waals surface area contributed by atoms with Gasteiger partial charge in [0.05, 0.1) is 6.04 Å². The van der Waals surface area contributed by atoms with Gasteiger partial charge in [0.25, 0.3) is 0 Å². The van der Waals surface area contributed by atoms with Gasteiger partial charge in [0.2, 0.25) is 5.95 Å². The highest BCUT2D eigenvalue weighted by Crippen LogP contribution is 2.29. The molecule has 2 heterocycles. The van der Waals surface area contributed by atoms with Crippen molar-refractivity contribution in [3.8, 4) is 0 Å². The van der Waals surface area contributed by atoms with Gasteiger partial charge in [0.15, 0.2) is 17.3 Å². The fourth-order valence-electron chi connectivity index (χ4n) is 2.50. The number of hydrogen-bond acceptors (Lipinski definition) is 6. The molecule has 0 bridgehead atoms. The maximum atomic E-state index is 6.09. The number of nitrogens with zero attached hydrogens (tertiary/aromatic N) is 6. The van der Waals surface area contributed by atoms with Gasteiger partial charge in [-0.2, -0.15) is 15.1 Å². The van der Waals surface area contributed by atoms with E-state index in [-0.39, 0.29) is 5.84 Å². The Morgan fingerprint density at radius 2 is 2.15 bits per heavy atom. The number of nitrogens with two attached hydrogens (primary N) is 2. The Morgan fingerprint density at radius 1 is 1.35 bits per heavy atom. The molecule has 5 N–H and O–H groups in total. The standard InChI is InChI=1S/C11H17N9/c12-9(16-11-14-6-15-18-11)8-10(13)20(19-17-8)7-4-2-1-3-5-7/h6-7H,1-5,13H2,(H3,12,14,15,16,18). The Labute approximate surface area is 115 Å². The molecule has 1 aliphatic rings. The fourth-order valence-corrected chi connectivity index (χ4v) is 2.50. The number of nitrogen functional groups attached to an aromatic ring is 1. The number of hydrogen-bond donors (Lipinski definition) is 3. The Hall–Kier alpha value is -2.45. The molecule has 3 rings (SSSR count). The molecule has 20 heavy (non-hydrogen) atoms. The number of amidine groups is 1. The lowest BCUT2D eigenvalue weighted by Crippen LogP contribution is -2.19. The predicted molar refractivity (Wildman–Crippen MR) is 73.3 cm³/mol. The molecule has 2 aromatic heterocycles. The quantitative estimate of drug-likeness (QED) is 0.551. The summed E-state index contributed by atoms with van der Waals surface area (Å²) in [5, 5.41) is 14.5. The van der Waals surface area contributed by atoms with Gasteiger partial charge in [0, 0.05) is 0 Å². The molecule has 0 saturated heterocycles. The minimum atomic E-state index is 0.182. The van der Waals surface area contributed by atoms with E-state index in [2.05, 4.69) is 30.5 Å². The first-order chi connectivity index (χ1) is 9.75. The van der Waals surface area contributed by atoms with E-state index in [0.717, 1.165) is 12.8 Å². The third kappa shape index (κ3) is 2.33. The predicted octanol–water partition coefficient (Wildman–Crippen LogP) is 0.521. The zero-order chi connectivity index (χ0) is 13.9. The number of aromatic nitrogens is 6. The van der Waals surface area contributed by atoms with Crippen molar-refractivity contribution in [2.24, 2.45) is 10.7 Å². The first kappa shape index (κ1) is 12.6. The van der Waals surface area contributed by atoms with Crippen LogP contribution in [0.4, 0.5) is 11.8 Å². The van der Waals surface area contributed by atoms with Crippen LogP contribution in [0.3, 0.4) is 0 Å². The van der Waals surface area contributed by atoms with E-state index in [1.165, 1.54) is 25.6 Å².